The van der Waals surface area contributed by atoms with E-state index in [0.717, 1.165) is 16.3 Å². The number of ether oxygens (including phenoxy) is 2. The predicted molar refractivity (Wildman–Crippen MR) is 112 cm³/mol. The number of para-hydroxylation sites is 2. The van der Waals surface area contributed by atoms with Crippen LogP contribution in [0.1, 0.15) is 12.6 Å². The van der Waals surface area contributed by atoms with E-state index in [-0.39, 0.29) is 5.91 Å². The fraction of sp³-hybridized carbons (Fsp3) is 0.238. The maximum Gasteiger partial charge on any atom is 0.260 e. The zero-order valence-corrected chi connectivity index (χ0v) is 17.2. The zero-order chi connectivity index (χ0) is 19.9. The summed E-state index contributed by atoms with van der Waals surface area (Å²) in [4.78, 5) is 16.9. The summed E-state index contributed by atoms with van der Waals surface area (Å²) >= 11 is 7.50. The molecule has 7 heteroatoms. The Labute approximate surface area is 173 Å². The molecule has 5 nitrogen and oxygen atoms in total. The number of nitrogens with one attached hydrogen (secondary N) is 1. The molecular weight excluding hydrogens is 396 g/mol. The average Bonchev–Trinajstić information content (AvgIpc) is 3.17. The largest absolute Gasteiger partial charge is 0.493 e. The van der Waals surface area contributed by atoms with E-state index >= 15 is 0 Å². The van der Waals surface area contributed by atoms with Gasteiger partial charge in [-0.25, -0.2) is 4.98 Å². The quantitative estimate of drug-likeness (QED) is 0.583. The Bertz CT molecular complexity index is 927. The number of methoxy groups -OCH3 is 1. The van der Waals surface area contributed by atoms with Crippen LogP contribution in [0.4, 0.5) is 0 Å². The molecular formula is C21H21ClN2O3S. The molecule has 1 aromatic heterocycles. The van der Waals surface area contributed by atoms with Gasteiger partial charge in [0.2, 0.25) is 0 Å². The number of halogens is 1. The number of aromatic nitrogens is 1. The first kappa shape index (κ1) is 20.2. The first-order chi connectivity index (χ1) is 13.6. The molecule has 1 unspecified atom stereocenters. The number of rotatable bonds is 8. The van der Waals surface area contributed by atoms with Crippen molar-refractivity contribution in [1.29, 1.82) is 0 Å². The van der Waals surface area contributed by atoms with Crippen molar-refractivity contribution in [2.24, 2.45) is 0 Å². The molecule has 28 heavy (non-hydrogen) atoms. The van der Waals surface area contributed by atoms with Crippen molar-refractivity contribution in [2.45, 2.75) is 19.4 Å². The van der Waals surface area contributed by atoms with Crippen molar-refractivity contribution in [3.05, 3.63) is 64.6 Å². The van der Waals surface area contributed by atoms with Gasteiger partial charge in [-0.2, -0.15) is 0 Å². The number of hydrogen-bond acceptors (Lipinski definition) is 5. The second-order valence-electron chi connectivity index (χ2n) is 6.10. The van der Waals surface area contributed by atoms with Crippen molar-refractivity contribution < 1.29 is 14.3 Å². The predicted octanol–water partition coefficient (Wildman–Crippen LogP) is 4.60. The van der Waals surface area contributed by atoms with Crippen LogP contribution in [-0.4, -0.2) is 30.6 Å². The molecule has 0 saturated heterocycles. The van der Waals surface area contributed by atoms with Gasteiger partial charge in [0.15, 0.2) is 17.6 Å². The van der Waals surface area contributed by atoms with Crippen molar-refractivity contribution in [3.8, 4) is 22.1 Å². The third-order valence-electron chi connectivity index (χ3n) is 4.07. The lowest BCUT2D eigenvalue weighted by Crippen LogP contribution is -2.37. The smallest absolute Gasteiger partial charge is 0.260 e. The van der Waals surface area contributed by atoms with Gasteiger partial charge in [-0.3, -0.25) is 4.79 Å². The van der Waals surface area contributed by atoms with Gasteiger partial charge in [-0.05, 0) is 31.2 Å². The van der Waals surface area contributed by atoms with E-state index in [2.05, 4.69) is 10.3 Å². The molecule has 0 fully saturated rings. The third-order valence-corrected chi connectivity index (χ3v) is 5.26. The first-order valence-electron chi connectivity index (χ1n) is 8.84. The van der Waals surface area contributed by atoms with E-state index in [1.54, 1.807) is 37.5 Å². The molecule has 1 N–H and O–H groups in total. The molecule has 0 aliphatic carbocycles. The Hall–Kier alpha value is -2.57. The van der Waals surface area contributed by atoms with Crippen LogP contribution in [0.25, 0.3) is 10.6 Å². The molecule has 3 rings (SSSR count). The van der Waals surface area contributed by atoms with Crippen LogP contribution in [0.5, 0.6) is 11.5 Å². The molecule has 146 valence electrons. The number of nitrogens with zero attached hydrogens (tertiary/aromatic N) is 1. The summed E-state index contributed by atoms with van der Waals surface area (Å²) in [6.45, 7) is 2.20. The average molecular weight is 417 g/mol. The minimum Gasteiger partial charge on any atom is -0.493 e. The van der Waals surface area contributed by atoms with Crippen molar-refractivity contribution in [3.63, 3.8) is 0 Å². The number of amides is 1. The summed E-state index contributed by atoms with van der Waals surface area (Å²) in [6.07, 6.45) is 0.0216. The van der Waals surface area contributed by atoms with Crippen molar-refractivity contribution in [2.75, 3.05) is 13.7 Å². The van der Waals surface area contributed by atoms with E-state index < -0.39 is 6.10 Å². The van der Waals surface area contributed by atoms with Gasteiger partial charge < -0.3 is 14.8 Å². The fourth-order valence-electron chi connectivity index (χ4n) is 2.56. The summed E-state index contributed by atoms with van der Waals surface area (Å²) in [5.74, 6) is 0.957. The third kappa shape index (κ3) is 5.24. The molecule has 0 radical (unpaired) electrons. The van der Waals surface area contributed by atoms with E-state index in [1.165, 1.54) is 0 Å². The fourth-order valence-corrected chi connectivity index (χ4v) is 3.55. The second-order valence-corrected chi connectivity index (χ2v) is 7.40. The molecule has 2 aromatic carbocycles. The summed E-state index contributed by atoms with van der Waals surface area (Å²) in [7, 11) is 1.57. The van der Waals surface area contributed by atoms with Crippen LogP contribution in [0.3, 0.4) is 0 Å². The first-order valence-corrected chi connectivity index (χ1v) is 10.1. The lowest BCUT2D eigenvalue weighted by Gasteiger charge is -2.16. The molecule has 1 heterocycles. The highest BCUT2D eigenvalue weighted by Gasteiger charge is 2.16. The maximum atomic E-state index is 12.3. The Morgan fingerprint density at radius 2 is 1.89 bits per heavy atom. The molecule has 0 spiro atoms. The molecule has 3 aromatic rings. The number of hydrogen-bond donors (Lipinski definition) is 1. The standard InChI is InChI=1S/C21H21ClN2O3S/c1-14(27-19-6-4-3-5-18(19)26-2)20(25)23-12-11-17-13-28-21(24-17)15-7-9-16(22)10-8-15/h3-10,13-14H,11-12H2,1-2H3,(H,23,25). The molecule has 1 amide bonds. The van der Waals surface area contributed by atoms with Crippen molar-refractivity contribution in [1.82, 2.24) is 10.3 Å². The van der Waals surface area contributed by atoms with Crippen LogP contribution in [0, 0.1) is 0 Å². The van der Waals surface area contributed by atoms with Gasteiger partial charge in [-0.1, -0.05) is 35.9 Å². The zero-order valence-electron chi connectivity index (χ0n) is 15.6. The lowest BCUT2D eigenvalue weighted by atomic mass is 10.2. The minimum atomic E-state index is -0.628. The van der Waals surface area contributed by atoms with Crippen molar-refractivity contribution >= 4 is 28.8 Å². The highest BCUT2D eigenvalue weighted by molar-refractivity contribution is 7.13. The van der Waals surface area contributed by atoms with Gasteiger partial charge in [0, 0.05) is 28.9 Å². The van der Waals surface area contributed by atoms with E-state index in [1.807, 2.05) is 41.8 Å². The van der Waals surface area contributed by atoms with Crippen LogP contribution >= 0.6 is 22.9 Å². The highest BCUT2D eigenvalue weighted by atomic mass is 35.5. The van der Waals surface area contributed by atoms with Gasteiger partial charge in [-0.15, -0.1) is 11.3 Å². The van der Waals surface area contributed by atoms with Crippen LogP contribution < -0.4 is 14.8 Å². The number of thiazole rings is 1. The van der Waals surface area contributed by atoms with Gasteiger partial charge in [0.05, 0.1) is 12.8 Å². The summed E-state index contributed by atoms with van der Waals surface area (Å²) < 4.78 is 11.0. The Morgan fingerprint density at radius 3 is 2.61 bits per heavy atom. The van der Waals surface area contributed by atoms with Crippen LogP contribution in [-0.2, 0) is 11.2 Å². The summed E-state index contributed by atoms with van der Waals surface area (Å²) in [6, 6.07) is 14.8. The minimum absolute atomic E-state index is 0.181. The molecule has 0 aliphatic rings. The summed E-state index contributed by atoms with van der Waals surface area (Å²) in [5.41, 5.74) is 1.97. The Balaban J connectivity index is 1.49. The maximum absolute atomic E-state index is 12.3. The second kappa shape index (κ2) is 9.57. The van der Waals surface area contributed by atoms with E-state index in [0.29, 0.717) is 29.5 Å². The van der Waals surface area contributed by atoms with E-state index in [4.69, 9.17) is 21.1 Å². The van der Waals surface area contributed by atoms with Gasteiger partial charge >= 0.3 is 0 Å². The molecule has 0 bridgehead atoms. The highest BCUT2D eigenvalue weighted by Crippen LogP contribution is 2.27. The molecule has 0 aliphatic heterocycles. The van der Waals surface area contributed by atoms with Crippen LogP contribution in [0.2, 0.25) is 5.02 Å². The van der Waals surface area contributed by atoms with Gasteiger partial charge in [0.25, 0.3) is 5.91 Å². The van der Waals surface area contributed by atoms with Gasteiger partial charge in [0.1, 0.15) is 5.01 Å². The number of benzene rings is 2. The Morgan fingerprint density at radius 1 is 1.18 bits per heavy atom. The molecule has 0 saturated carbocycles. The van der Waals surface area contributed by atoms with E-state index in [9.17, 15) is 4.79 Å². The topological polar surface area (TPSA) is 60.5 Å². The lowest BCUT2D eigenvalue weighted by molar-refractivity contribution is -0.127. The number of carbonyl (C=O) groups is 1. The molecule has 1 atom stereocenters. The van der Waals surface area contributed by atoms with Crippen LogP contribution in [0.15, 0.2) is 53.9 Å². The normalized spacial score (nSPS) is 11.7. The summed E-state index contributed by atoms with van der Waals surface area (Å²) in [5, 5.41) is 6.53. The number of carbonyl (C=O) groups excluding carboxylic acids is 1. The Kier molecular flexibility index (Phi) is 6.90. The SMILES string of the molecule is COc1ccccc1OC(C)C(=O)NCCc1csc(-c2ccc(Cl)cc2)n1. The monoisotopic (exact) mass is 416 g/mol.